The van der Waals surface area contributed by atoms with Crippen molar-refractivity contribution < 1.29 is 39.6 Å². The van der Waals surface area contributed by atoms with Crippen molar-refractivity contribution in [2.45, 2.75) is 181 Å². The zero-order chi connectivity index (χ0) is 51.1. The largest absolute Gasteiger partial charge is 0.295 e. The Hall–Kier alpha value is -3.60. The van der Waals surface area contributed by atoms with Crippen LogP contribution in [0.4, 0.5) is 0 Å². The maximum absolute atomic E-state index is 13.1. The normalized spacial score (nSPS) is 29.9. The molecule has 6 fully saturated rings. The van der Waals surface area contributed by atoms with Crippen LogP contribution in [0.5, 0.6) is 0 Å². The summed E-state index contributed by atoms with van der Waals surface area (Å²) in [5.74, 6) is -0.166. The number of carbonyl (C=O) groups is 3. The van der Waals surface area contributed by atoms with Gasteiger partial charge in [-0.3, -0.25) is 14.4 Å². The smallest absolute Gasteiger partial charge is 0.243 e. The number of carbonyl (C=O) groups excluding carboxylic acids is 3. The van der Waals surface area contributed by atoms with Gasteiger partial charge in [-0.1, -0.05) is 106 Å². The van der Waals surface area contributed by atoms with Gasteiger partial charge >= 0.3 is 0 Å². The average molecular weight is 1020 g/mol. The van der Waals surface area contributed by atoms with Crippen LogP contribution >= 0.6 is 0 Å². The Morgan fingerprint density at radius 1 is 0.386 bits per heavy atom. The van der Waals surface area contributed by atoms with Crippen molar-refractivity contribution >= 4 is 47.4 Å². The summed E-state index contributed by atoms with van der Waals surface area (Å²) in [6.07, 6.45) is 8.75. The highest BCUT2D eigenvalue weighted by molar-refractivity contribution is 7.89. The third-order valence-electron chi connectivity index (χ3n) is 15.7. The number of hydrogen-bond donors (Lipinski definition) is 0. The highest BCUT2D eigenvalue weighted by atomic mass is 32.2. The van der Waals surface area contributed by atoms with Crippen LogP contribution in [0.2, 0.25) is 0 Å². The lowest BCUT2D eigenvalue weighted by Crippen LogP contribution is -2.37. The minimum atomic E-state index is -3.50. The van der Waals surface area contributed by atoms with E-state index >= 15 is 0 Å². The molecule has 3 aliphatic heterocycles. The third-order valence-corrected chi connectivity index (χ3v) is 21.4. The van der Waals surface area contributed by atoms with E-state index in [2.05, 4.69) is 62.3 Å². The maximum Gasteiger partial charge on any atom is 0.243 e. The topological polar surface area (TPSA) is 163 Å². The molecule has 9 rings (SSSR count). The predicted molar refractivity (Wildman–Crippen MR) is 276 cm³/mol. The first-order valence-electron chi connectivity index (χ1n) is 24.5. The van der Waals surface area contributed by atoms with Crippen LogP contribution in [0.15, 0.2) is 87.5 Å². The average Bonchev–Trinajstić information content (AvgIpc) is 3.77. The van der Waals surface area contributed by atoms with Gasteiger partial charge in [-0.05, 0) is 147 Å². The second-order valence-electron chi connectivity index (χ2n) is 25.0. The molecule has 6 bridgehead atoms. The molecule has 3 aliphatic carbocycles. The van der Waals surface area contributed by atoms with E-state index in [1.54, 1.807) is 85.7 Å². The molecule has 0 spiro atoms. The van der Waals surface area contributed by atoms with Crippen molar-refractivity contribution in [3.05, 3.63) is 89.5 Å². The molecule has 0 radical (unpaired) electrons. The number of Topliss-reactive ketones (excluding diaryl/α,β-unsaturated/α-hetero) is 3. The molecule has 0 amide bonds. The minimum Gasteiger partial charge on any atom is -0.295 e. The van der Waals surface area contributed by atoms with E-state index in [0.29, 0.717) is 36.3 Å². The Morgan fingerprint density at radius 3 is 0.771 bits per heavy atom. The molecule has 3 saturated heterocycles. The summed E-state index contributed by atoms with van der Waals surface area (Å²) in [5.41, 5.74) is 2.36. The molecular weight excluding hydrogens is 943 g/mol. The van der Waals surface area contributed by atoms with Crippen LogP contribution in [0.1, 0.15) is 179 Å². The fraction of sp³-hybridized carbons (Fsp3) is 0.618. The second kappa shape index (κ2) is 19.0. The van der Waals surface area contributed by atoms with Crippen molar-refractivity contribution in [2.24, 2.45) is 32.5 Å². The second-order valence-corrected chi connectivity index (χ2v) is 30.7. The highest BCUT2D eigenvalue weighted by Gasteiger charge is 2.55. The number of fused-ring (bicyclic) bond motifs is 6. The van der Waals surface area contributed by atoms with E-state index in [1.807, 2.05) is 0 Å². The minimum absolute atomic E-state index is 0. The van der Waals surface area contributed by atoms with Crippen molar-refractivity contribution in [1.29, 1.82) is 0 Å². The van der Waals surface area contributed by atoms with E-state index in [0.717, 1.165) is 57.8 Å². The van der Waals surface area contributed by atoms with E-state index in [1.165, 1.54) is 20.8 Å². The summed E-state index contributed by atoms with van der Waals surface area (Å²) in [6.45, 7) is 26.2. The van der Waals surface area contributed by atoms with Crippen LogP contribution in [0.3, 0.4) is 0 Å². The van der Waals surface area contributed by atoms with Crippen LogP contribution in [-0.2, 0) is 30.1 Å². The molecule has 3 saturated carbocycles. The number of ketones is 3. The maximum atomic E-state index is 13.1. The van der Waals surface area contributed by atoms with Gasteiger partial charge in [-0.25, -0.2) is 25.3 Å². The van der Waals surface area contributed by atoms with Gasteiger partial charge in [-0.15, -0.1) is 0 Å². The lowest BCUT2D eigenvalue weighted by Gasteiger charge is -2.39. The number of hydrogen-bond acceptors (Lipinski definition) is 9. The summed E-state index contributed by atoms with van der Waals surface area (Å²) in [4.78, 5) is 35.0. The zero-order valence-corrected chi connectivity index (χ0v) is 45.3. The van der Waals surface area contributed by atoms with Crippen molar-refractivity contribution in [3.63, 3.8) is 0 Å². The van der Waals surface area contributed by atoms with Crippen LogP contribution in [-0.4, -0.2) is 93.3 Å². The molecule has 3 aromatic carbocycles. The first-order valence-corrected chi connectivity index (χ1v) is 28.8. The number of nitrogens with zero attached hydrogens (tertiary/aromatic N) is 3. The molecule has 0 N–H and O–H groups in total. The van der Waals surface area contributed by atoms with E-state index in [9.17, 15) is 39.6 Å². The Kier molecular flexibility index (Phi) is 15.1. The van der Waals surface area contributed by atoms with Crippen molar-refractivity contribution in [3.8, 4) is 0 Å². The molecular formula is C55H79N3O9S3. The van der Waals surface area contributed by atoms with Crippen molar-refractivity contribution in [1.82, 2.24) is 12.9 Å². The van der Waals surface area contributed by atoms with Gasteiger partial charge in [0.1, 0.15) is 0 Å². The quantitative estimate of drug-likeness (QED) is 0.190. The van der Waals surface area contributed by atoms with E-state index < -0.39 is 30.1 Å². The Balaban J connectivity index is 0.000000171. The zero-order valence-electron chi connectivity index (χ0n) is 42.9. The van der Waals surface area contributed by atoms with Gasteiger partial charge in [0, 0.05) is 54.5 Å². The molecule has 0 aromatic heterocycles. The van der Waals surface area contributed by atoms with Gasteiger partial charge in [0.2, 0.25) is 30.1 Å². The first-order chi connectivity index (χ1) is 31.6. The molecule has 70 heavy (non-hydrogen) atoms. The molecule has 6 aliphatic rings. The fourth-order valence-electron chi connectivity index (χ4n) is 14.1. The lowest BCUT2D eigenvalue weighted by atomic mass is 9.65. The summed E-state index contributed by atoms with van der Waals surface area (Å²) in [7, 11) is -10.5. The van der Waals surface area contributed by atoms with Gasteiger partial charge in [0.15, 0.2) is 17.3 Å². The SMILES string of the molecule is C.CC(=O)c1ccc(S(=O)(=O)N2CC3(C)CC2CC(C)(C)C3)cc1.CC(=O)c1ccc(S(=O)(=O)N2CC3(C)CC2CC(C)(C)C3)cc1.CC(=O)c1ccc(S(=O)(=O)N2CC3(C)CC2CC(C)(C)C3)cc1. The highest BCUT2D eigenvalue weighted by Crippen LogP contribution is 2.56. The summed E-state index contributed by atoms with van der Waals surface area (Å²) >= 11 is 0. The number of benzene rings is 3. The van der Waals surface area contributed by atoms with Crippen LogP contribution in [0, 0.1) is 32.5 Å². The molecule has 6 unspecified atom stereocenters. The van der Waals surface area contributed by atoms with E-state index in [4.69, 9.17) is 0 Å². The van der Waals surface area contributed by atoms with Crippen molar-refractivity contribution in [2.75, 3.05) is 19.6 Å². The standard InChI is InChI=1S/3C18H25NO3S.CH4/c3*1-13(20)14-5-7-16(8-6-14)23(21,22)19-12-18(4)10-15(19)9-17(2,3)11-18;/h3*5-8,15H,9-12H2,1-4H3;1H4. The van der Waals surface area contributed by atoms with E-state index in [-0.39, 0.29) is 90.1 Å². The molecule has 386 valence electrons. The summed E-state index contributed by atoms with van der Waals surface area (Å²) < 4.78 is 83.4. The summed E-state index contributed by atoms with van der Waals surface area (Å²) in [5, 5.41) is 0. The van der Waals surface area contributed by atoms with Gasteiger partial charge < -0.3 is 0 Å². The Bertz CT molecular complexity index is 2520. The predicted octanol–water partition coefficient (Wildman–Crippen LogP) is 11.1. The Labute approximate surface area is 420 Å². The fourth-order valence-corrected chi connectivity index (χ4v) is 19.4. The molecule has 12 nitrogen and oxygen atoms in total. The molecule has 6 atom stereocenters. The van der Waals surface area contributed by atoms with Crippen LogP contribution < -0.4 is 0 Å². The van der Waals surface area contributed by atoms with Crippen LogP contribution in [0.25, 0.3) is 0 Å². The first kappa shape index (κ1) is 55.7. The van der Waals surface area contributed by atoms with Gasteiger partial charge in [0.25, 0.3) is 0 Å². The summed E-state index contributed by atoms with van der Waals surface area (Å²) in [6, 6.07) is 19.2. The number of sulfonamides is 3. The molecule has 15 heteroatoms. The lowest BCUT2D eigenvalue weighted by molar-refractivity contribution is 0.100. The molecule has 3 aromatic rings. The van der Waals surface area contributed by atoms with Gasteiger partial charge in [-0.2, -0.15) is 12.9 Å². The van der Waals surface area contributed by atoms with Gasteiger partial charge in [0.05, 0.1) is 14.7 Å². The third kappa shape index (κ3) is 11.6. The number of rotatable bonds is 9. The Morgan fingerprint density at radius 2 is 0.586 bits per heavy atom. The monoisotopic (exact) mass is 1020 g/mol. The molecule has 3 heterocycles.